The second-order valence-corrected chi connectivity index (χ2v) is 6.59. The number of amides is 1. The van der Waals surface area contributed by atoms with Gasteiger partial charge in [-0.15, -0.1) is 0 Å². The van der Waals surface area contributed by atoms with Crippen molar-refractivity contribution in [1.82, 2.24) is 5.32 Å². The van der Waals surface area contributed by atoms with Crippen LogP contribution in [0.5, 0.6) is 0 Å². The summed E-state index contributed by atoms with van der Waals surface area (Å²) in [6.45, 7) is 9.30. The second kappa shape index (κ2) is 7.29. The van der Waals surface area contributed by atoms with Gasteiger partial charge in [-0.2, -0.15) is 0 Å². The maximum Gasteiger partial charge on any atom is 0.408 e. The van der Waals surface area contributed by atoms with Gasteiger partial charge in [0.15, 0.2) is 0 Å². The zero-order valence-corrected chi connectivity index (χ0v) is 13.8. The molecule has 0 saturated heterocycles. The number of benzene rings is 1. The van der Waals surface area contributed by atoms with E-state index in [0.717, 1.165) is 11.1 Å². The van der Waals surface area contributed by atoms with Crippen molar-refractivity contribution in [3.05, 3.63) is 35.4 Å². The van der Waals surface area contributed by atoms with E-state index in [1.54, 1.807) is 20.8 Å². The Balaban J connectivity index is 2.86. The summed E-state index contributed by atoms with van der Waals surface area (Å²) in [6.07, 6.45) is -0.495. The highest BCUT2D eigenvalue weighted by molar-refractivity contribution is 5.80. The van der Waals surface area contributed by atoms with Crippen LogP contribution in [0.25, 0.3) is 0 Å². The minimum Gasteiger partial charge on any atom is -0.480 e. The minimum absolute atomic E-state index is 0.225. The maximum atomic E-state index is 11.8. The molecule has 0 aliphatic carbocycles. The zero-order chi connectivity index (χ0) is 16.9. The number of aliphatic carboxylic acids is 1. The Bertz CT molecular complexity index is 532. The fraction of sp³-hybridized carbons (Fsp3) is 0.529. The van der Waals surface area contributed by atoms with Gasteiger partial charge in [-0.1, -0.05) is 38.1 Å². The number of hydrogen-bond donors (Lipinski definition) is 2. The molecule has 0 aliphatic heterocycles. The standard InChI is InChI=1S/C17H25NO4/c1-11(2)13-9-7-6-8-12(13)10-14(15(19)20)18-16(21)22-17(3,4)5/h6-9,11,14H,10H2,1-5H3,(H,18,21)(H,19,20)/t14-/m1/s1. The topological polar surface area (TPSA) is 75.6 Å². The van der Waals surface area contributed by atoms with Gasteiger partial charge in [0.1, 0.15) is 11.6 Å². The number of nitrogens with one attached hydrogen (secondary N) is 1. The average molecular weight is 307 g/mol. The number of carboxylic acids is 1. The van der Waals surface area contributed by atoms with E-state index in [0.29, 0.717) is 0 Å². The number of alkyl carbamates (subject to hydrolysis) is 1. The van der Waals surface area contributed by atoms with E-state index in [-0.39, 0.29) is 12.3 Å². The Morgan fingerprint density at radius 3 is 2.32 bits per heavy atom. The summed E-state index contributed by atoms with van der Waals surface area (Å²) in [5.74, 6) is -0.795. The van der Waals surface area contributed by atoms with Crippen LogP contribution < -0.4 is 5.32 Å². The van der Waals surface area contributed by atoms with Crippen LogP contribution in [-0.2, 0) is 16.0 Å². The lowest BCUT2D eigenvalue weighted by Crippen LogP contribution is -2.44. The first-order valence-electron chi connectivity index (χ1n) is 7.40. The summed E-state index contributed by atoms with van der Waals surface area (Å²) in [4.78, 5) is 23.2. The van der Waals surface area contributed by atoms with Gasteiger partial charge in [0, 0.05) is 6.42 Å². The SMILES string of the molecule is CC(C)c1ccccc1C[C@@H](NC(=O)OC(C)(C)C)C(=O)O. The summed E-state index contributed by atoms with van der Waals surface area (Å²) in [6, 6.07) is 6.65. The highest BCUT2D eigenvalue weighted by atomic mass is 16.6. The summed E-state index contributed by atoms with van der Waals surface area (Å²) in [7, 11) is 0. The Hall–Kier alpha value is -2.04. The molecule has 1 aromatic rings. The van der Waals surface area contributed by atoms with Crippen LogP contribution in [0.2, 0.25) is 0 Å². The predicted molar refractivity (Wildman–Crippen MR) is 85.0 cm³/mol. The van der Waals surface area contributed by atoms with Gasteiger partial charge >= 0.3 is 12.1 Å². The number of rotatable bonds is 5. The van der Waals surface area contributed by atoms with Gasteiger partial charge in [0.25, 0.3) is 0 Å². The first kappa shape index (κ1) is 18.0. The smallest absolute Gasteiger partial charge is 0.408 e. The second-order valence-electron chi connectivity index (χ2n) is 6.59. The average Bonchev–Trinajstić information content (AvgIpc) is 2.35. The lowest BCUT2D eigenvalue weighted by atomic mass is 9.93. The first-order valence-corrected chi connectivity index (χ1v) is 7.40. The predicted octanol–water partition coefficient (Wildman–Crippen LogP) is 3.33. The first-order chi connectivity index (χ1) is 10.1. The molecule has 5 nitrogen and oxygen atoms in total. The van der Waals surface area contributed by atoms with Crippen molar-refractivity contribution in [2.24, 2.45) is 0 Å². The Kier molecular flexibility index (Phi) is 5.97. The van der Waals surface area contributed by atoms with Crippen molar-refractivity contribution >= 4 is 12.1 Å². The molecule has 0 heterocycles. The third-order valence-corrected chi connectivity index (χ3v) is 3.09. The van der Waals surface area contributed by atoms with Crippen LogP contribution in [0.15, 0.2) is 24.3 Å². The molecule has 5 heteroatoms. The van der Waals surface area contributed by atoms with Crippen LogP contribution in [0, 0.1) is 0 Å². The summed E-state index contributed by atoms with van der Waals surface area (Å²) < 4.78 is 5.12. The molecule has 1 amide bonds. The van der Waals surface area contributed by atoms with Crippen molar-refractivity contribution in [1.29, 1.82) is 0 Å². The fourth-order valence-electron chi connectivity index (χ4n) is 2.15. The van der Waals surface area contributed by atoms with E-state index >= 15 is 0 Å². The fourth-order valence-corrected chi connectivity index (χ4v) is 2.15. The highest BCUT2D eigenvalue weighted by Crippen LogP contribution is 2.20. The highest BCUT2D eigenvalue weighted by Gasteiger charge is 2.25. The van der Waals surface area contributed by atoms with Crippen LogP contribution in [0.4, 0.5) is 4.79 Å². The van der Waals surface area contributed by atoms with Gasteiger partial charge in [-0.25, -0.2) is 9.59 Å². The third kappa shape index (κ3) is 5.76. The Labute approximate surface area is 131 Å². The van der Waals surface area contributed by atoms with E-state index < -0.39 is 23.7 Å². The maximum absolute atomic E-state index is 11.8. The number of carboxylic acid groups (broad SMARTS) is 1. The molecule has 0 aromatic heterocycles. The summed E-state index contributed by atoms with van der Waals surface area (Å²) >= 11 is 0. The number of carbonyl (C=O) groups is 2. The normalized spacial score (nSPS) is 12.8. The van der Waals surface area contributed by atoms with Crippen molar-refractivity contribution in [3.63, 3.8) is 0 Å². The van der Waals surface area contributed by atoms with Gasteiger partial charge in [-0.05, 0) is 37.8 Å². The molecule has 0 radical (unpaired) electrons. The molecule has 0 fully saturated rings. The molecule has 0 bridgehead atoms. The molecule has 2 N–H and O–H groups in total. The molecular weight excluding hydrogens is 282 g/mol. The molecule has 1 atom stereocenters. The Morgan fingerprint density at radius 2 is 1.82 bits per heavy atom. The van der Waals surface area contributed by atoms with E-state index in [1.165, 1.54) is 0 Å². The number of carbonyl (C=O) groups excluding carboxylic acids is 1. The van der Waals surface area contributed by atoms with Gasteiger partial charge in [0.2, 0.25) is 0 Å². The summed E-state index contributed by atoms with van der Waals surface area (Å²) in [5, 5.41) is 11.8. The minimum atomic E-state index is -1.08. The molecule has 22 heavy (non-hydrogen) atoms. The third-order valence-electron chi connectivity index (χ3n) is 3.09. The Morgan fingerprint density at radius 1 is 1.23 bits per heavy atom. The number of hydrogen-bond acceptors (Lipinski definition) is 3. The van der Waals surface area contributed by atoms with E-state index in [2.05, 4.69) is 19.2 Å². The zero-order valence-electron chi connectivity index (χ0n) is 13.8. The van der Waals surface area contributed by atoms with Gasteiger partial charge < -0.3 is 15.2 Å². The molecule has 0 spiro atoms. The van der Waals surface area contributed by atoms with E-state index in [9.17, 15) is 14.7 Å². The lowest BCUT2D eigenvalue weighted by molar-refractivity contribution is -0.139. The lowest BCUT2D eigenvalue weighted by Gasteiger charge is -2.22. The molecule has 122 valence electrons. The van der Waals surface area contributed by atoms with Crippen molar-refractivity contribution in [2.75, 3.05) is 0 Å². The summed E-state index contributed by atoms with van der Waals surface area (Å²) in [5.41, 5.74) is 1.34. The van der Waals surface area contributed by atoms with Crippen LogP contribution in [-0.4, -0.2) is 28.8 Å². The molecule has 1 rings (SSSR count). The molecule has 0 unspecified atom stereocenters. The van der Waals surface area contributed by atoms with Crippen molar-refractivity contribution in [2.45, 2.75) is 58.6 Å². The van der Waals surface area contributed by atoms with Crippen molar-refractivity contribution < 1.29 is 19.4 Å². The van der Waals surface area contributed by atoms with Gasteiger partial charge in [-0.3, -0.25) is 0 Å². The van der Waals surface area contributed by atoms with Crippen LogP contribution in [0.1, 0.15) is 51.7 Å². The molecule has 0 aliphatic rings. The molecular formula is C17H25NO4. The largest absolute Gasteiger partial charge is 0.480 e. The van der Waals surface area contributed by atoms with Gasteiger partial charge in [0.05, 0.1) is 0 Å². The molecule has 0 saturated carbocycles. The number of ether oxygens (including phenoxy) is 1. The van der Waals surface area contributed by atoms with Crippen molar-refractivity contribution in [3.8, 4) is 0 Å². The monoisotopic (exact) mass is 307 g/mol. The van der Waals surface area contributed by atoms with E-state index in [1.807, 2.05) is 24.3 Å². The van der Waals surface area contributed by atoms with E-state index in [4.69, 9.17) is 4.74 Å². The molecule has 1 aromatic carbocycles. The quantitative estimate of drug-likeness (QED) is 0.875. The van der Waals surface area contributed by atoms with Crippen LogP contribution >= 0.6 is 0 Å². The van der Waals surface area contributed by atoms with Crippen LogP contribution in [0.3, 0.4) is 0 Å².